The fraction of sp³-hybridized carbons (Fsp3) is 0.895. The van der Waals surface area contributed by atoms with Gasteiger partial charge in [-0.1, -0.05) is 161 Å². The van der Waals surface area contributed by atoms with Crippen LogP contribution in [-0.2, 0) is 19.1 Å². The second kappa shape index (κ2) is 35.1. The van der Waals surface area contributed by atoms with E-state index in [1.54, 1.807) is 0 Å². The van der Waals surface area contributed by atoms with Crippen molar-refractivity contribution >= 4 is 11.9 Å². The third kappa shape index (κ3) is 33.4. The zero-order valence-corrected chi connectivity index (χ0v) is 28.7. The Balaban J connectivity index is 3.54. The number of allylic oxidation sites excluding steroid dienone is 2. The van der Waals surface area contributed by atoms with Crippen LogP contribution in [0.25, 0.3) is 0 Å². The van der Waals surface area contributed by atoms with E-state index in [-0.39, 0.29) is 25.2 Å². The molecule has 0 radical (unpaired) electrons. The minimum Gasteiger partial charge on any atom is -0.462 e. The Kier molecular flexibility index (Phi) is 34.0. The SMILES string of the molecule is CCCCCCC/C=C\CCCCCCCC(=O)OC(CO)COC(=O)CCCCCCCCCCCCCCCCC. The summed E-state index contributed by atoms with van der Waals surface area (Å²) in [6.07, 6.45) is 38.4. The molecule has 0 aromatic carbocycles. The van der Waals surface area contributed by atoms with Gasteiger partial charge in [0.2, 0.25) is 0 Å². The number of carbonyl (C=O) groups excluding carboxylic acids is 2. The molecule has 0 amide bonds. The van der Waals surface area contributed by atoms with Crippen molar-refractivity contribution in [2.45, 2.75) is 206 Å². The zero-order chi connectivity index (χ0) is 31.5. The summed E-state index contributed by atoms with van der Waals surface area (Å²) in [5.41, 5.74) is 0. The number of esters is 2. The van der Waals surface area contributed by atoms with Gasteiger partial charge < -0.3 is 14.6 Å². The van der Waals surface area contributed by atoms with Crippen molar-refractivity contribution in [1.82, 2.24) is 0 Å². The highest BCUT2D eigenvalue weighted by Gasteiger charge is 2.16. The van der Waals surface area contributed by atoms with Crippen LogP contribution in [0.4, 0.5) is 0 Å². The van der Waals surface area contributed by atoms with Crippen LogP contribution in [0.5, 0.6) is 0 Å². The van der Waals surface area contributed by atoms with E-state index < -0.39 is 6.10 Å². The van der Waals surface area contributed by atoms with E-state index in [2.05, 4.69) is 26.0 Å². The lowest BCUT2D eigenvalue weighted by Crippen LogP contribution is -2.28. The van der Waals surface area contributed by atoms with Gasteiger partial charge in [0.05, 0.1) is 6.61 Å². The molecular formula is C38H72O5. The van der Waals surface area contributed by atoms with Crippen molar-refractivity contribution in [1.29, 1.82) is 0 Å². The first kappa shape index (κ1) is 41.6. The standard InChI is InChI=1S/C38H72O5/c1-3-5-7-9-11-13-15-17-19-21-22-24-26-28-30-32-37(40)42-35-36(34-39)43-38(41)33-31-29-27-25-23-20-18-16-14-12-10-8-6-4-2/h16,18,36,39H,3-15,17,19-35H2,1-2H3/b18-16-. The lowest BCUT2D eigenvalue weighted by molar-refractivity contribution is -0.161. The van der Waals surface area contributed by atoms with Crippen molar-refractivity contribution in [2.75, 3.05) is 13.2 Å². The molecule has 43 heavy (non-hydrogen) atoms. The summed E-state index contributed by atoms with van der Waals surface area (Å²) >= 11 is 0. The fourth-order valence-corrected chi connectivity index (χ4v) is 5.43. The third-order valence-electron chi connectivity index (χ3n) is 8.31. The Labute approximate surface area is 267 Å². The van der Waals surface area contributed by atoms with Gasteiger partial charge in [0.15, 0.2) is 6.10 Å². The van der Waals surface area contributed by atoms with Crippen molar-refractivity contribution in [3.63, 3.8) is 0 Å². The summed E-state index contributed by atoms with van der Waals surface area (Å²) in [5.74, 6) is -0.592. The van der Waals surface area contributed by atoms with E-state index in [1.807, 2.05) is 0 Å². The van der Waals surface area contributed by atoms with Gasteiger partial charge in [-0.3, -0.25) is 9.59 Å². The van der Waals surface area contributed by atoms with Gasteiger partial charge in [-0.15, -0.1) is 0 Å². The van der Waals surface area contributed by atoms with Crippen LogP contribution < -0.4 is 0 Å². The van der Waals surface area contributed by atoms with E-state index in [9.17, 15) is 14.7 Å². The van der Waals surface area contributed by atoms with Crippen LogP contribution in [-0.4, -0.2) is 36.4 Å². The number of unbranched alkanes of at least 4 members (excludes halogenated alkanes) is 24. The summed E-state index contributed by atoms with van der Waals surface area (Å²) in [7, 11) is 0. The van der Waals surface area contributed by atoms with E-state index in [0.29, 0.717) is 12.8 Å². The molecule has 1 unspecified atom stereocenters. The van der Waals surface area contributed by atoms with Crippen molar-refractivity contribution in [3.8, 4) is 0 Å². The lowest BCUT2D eigenvalue weighted by Gasteiger charge is -2.15. The van der Waals surface area contributed by atoms with Gasteiger partial charge in [-0.2, -0.15) is 0 Å². The van der Waals surface area contributed by atoms with Crippen molar-refractivity contribution < 1.29 is 24.2 Å². The minimum absolute atomic E-state index is 0.0634. The molecule has 0 aliphatic rings. The van der Waals surface area contributed by atoms with Crippen molar-refractivity contribution in [2.24, 2.45) is 0 Å². The second-order valence-corrected chi connectivity index (χ2v) is 12.7. The number of aliphatic hydroxyl groups excluding tert-OH is 1. The van der Waals surface area contributed by atoms with Crippen LogP contribution in [0, 0.1) is 0 Å². The molecule has 5 nitrogen and oxygen atoms in total. The van der Waals surface area contributed by atoms with Crippen LogP contribution in [0.1, 0.15) is 200 Å². The van der Waals surface area contributed by atoms with E-state index in [1.165, 1.54) is 128 Å². The predicted octanol–water partition coefficient (Wildman–Crippen LogP) is 11.3. The molecule has 0 aliphatic heterocycles. The van der Waals surface area contributed by atoms with E-state index in [0.717, 1.165) is 44.9 Å². The fourth-order valence-electron chi connectivity index (χ4n) is 5.43. The molecule has 0 aliphatic carbocycles. The van der Waals surface area contributed by atoms with Gasteiger partial charge in [-0.25, -0.2) is 0 Å². The summed E-state index contributed by atoms with van der Waals surface area (Å²) in [4.78, 5) is 24.2. The normalized spacial score (nSPS) is 12.2. The molecule has 0 heterocycles. The van der Waals surface area contributed by atoms with Crippen LogP contribution in [0.2, 0.25) is 0 Å². The zero-order valence-electron chi connectivity index (χ0n) is 28.7. The Morgan fingerprint density at radius 1 is 0.512 bits per heavy atom. The third-order valence-corrected chi connectivity index (χ3v) is 8.31. The average Bonchev–Trinajstić information content (AvgIpc) is 3.01. The molecule has 0 aromatic heterocycles. The summed E-state index contributed by atoms with van der Waals surface area (Å²) < 4.78 is 10.6. The van der Waals surface area contributed by atoms with Gasteiger partial charge >= 0.3 is 11.9 Å². The van der Waals surface area contributed by atoms with Crippen molar-refractivity contribution in [3.05, 3.63) is 12.2 Å². The number of ether oxygens (including phenoxy) is 2. The molecule has 1 atom stereocenters. The lowest BCUT2D eigenvalue weighted by atomic mass is 10.0. The largest absolute Gasteiger partial charge is 0.462 e. The van der Waals surface area contributed by atoms with E-state index >= 15 is 0 Å². The second-order valence-electron chi connectivity index (χ2n) is 12.7. The molecule has 0 saturated carbocycles. The molecule has 1 N–H and O–H groups in total. The Morgan fingerprint density at radius 3 is 1.26 bits per heavy atom. The predicted molar refractivity (Wildman–Crippen MR) is 182 cm³/mol. The number of hydrogen-bond donors (Lipinski definition) is 1. The summed E-state index contributed by atoms with van der Waals surface area (Å²) in [5, 5.41) is 9.53. The maximum atomic E-state index is 12.1. The molecular weight excluding hydrogens is 536 g/mol. The quantitative estimate of drug-likeness (QED) is 0.0447. The summed E-state index contributed by atoms with van der Waals surface area (Å²) in [6, 6.07) is 0. The van der Waals surface area contributed by atoms with Crippen LogP contribution in [0.3, 0.4) is 0 Å². The molecule has 0 bridgehead atoms. The highest BCUT2D eigenvalue weighted by atomic mass is 16.6. The number of rotatable bonds is 34. The van der Waals surface area contributed by atoms with Crippen LogP contribution >= 0.6 is 0 Å². The Morgan fingerprint density at radius 2 is 0.860 bits per heavy atom. The maximum Gasteiger partial charge on any atom is 0.306 e. The average molecular weight is 609 g/mol. The van der Waals surface area contributed by atoms with Gasteiger partial charge in [0.25, 0.3) is 0 Å². The smallest absolute Gasteiger partial charge is 0.306 e. The molecule has 254 valence electrons. The number of hydrogen-bond acceptors (Lipinski definition) is 5. The molecule has 0 rings (SSSR count). The highest BCUT2D eigenvalue weighted by molar-refractivity contribution is 5.70. The first-order valence-electron chi connectivity index (χ1n) is 18.7. The topological polar surface area (TPSA) is 72.8 Å². The molecule has 0 aromatic rings. The Hall–Kier alpha value is -1.36. The maximum absolute atomic E-state index is 12.1. The van der Waals surface area contributed by atoms with E-state index in [4.69, 9.17) is 9.47 Å². The van der Waals surface area contributed by atoms with Gasteiger partial charge in [0, 0.05) is 12.8 Å². The van der Waals surface area contributed by atoms with Gasteiger partial charge in [-0.05, 0) is 38.5 Å². The highest BCUT2D eigenvalue weighted by Crippen LogP contribution is 2.14. The number of aliphatic hydroxyl groups is 1. The first-order chi connectivity index (χ1) is 21.1. The molecule has 0 spiro atoms. The van der Waals surface area contributed by atoms with Gasteiger partial charge in [0.1, 0.15) is 6.61 Å². The molecule has 5 heteroatoms. The molecule has 0 saturated heterocycles. The monoisotopic (exact) mass is 609 g/mol. The summed E-state index contributed by atoms with van der Waals surface area (Å²) in [6.45, 7) is 4.13. The minimum atomic E-state index is -0.768. The molecule has 0 fully saturated rings. The van der Waals surface area contributed by atoms with Crippen LogP contribution in [0.15, 0.2) is 12.2 Å². The Bertz CT molecular complexity index is 617. The first-order valence-corrected chi connectivity index (χ1v) is 18.7. The number of carbonyl (C=O) groups is 2.